The van der Waals surface area contributed by atoms with Crippen molar-refractivity contribution in [1.82, 2.24) is 5.32 Å². The van der Waals surface area contributed by atoms with E-state index in [4.69, 9.17) is 5.73 Å². The molecule has 0 saturated carbocycles. The average molecular weight is 236 g/mol. The average Bonchev–Trinajstić information content (AvgIpc) is 2.28. The number of nitrogen functional groups attached to an aromatic ring is 1. The summed E-state index contributed by atoms with van der Waals surface area (Å²) in [6.45, 7) is 5.72. The number of nitrogens with one attached hydrogen (secondary N) is 1. The molecule has 1 amide bonds. The van der Waals surface area contributed by atoms with Crippen LogP contribution in [-0.4, -0.2) is 23.7 Å². The third kappa shape index (κ3) is 3.46. The van der Waals surface area contributed by atoms with Crippen LogP contribution in [0.5, 0.6) is 0 Å². The zero-order valence-corrected chi connectivity index (χ0v) is 10.5. The molecule has 1 aromatic rings. The highest BCUT2D eigenvalue weighted by molar-refractivity contribution is 5.99. The van der Waals surface area contributed by atoms with Crippen LogP contribution in [-0.2, 0) is 0 Å². The summed E-state index contributed by atoms with van der Waals surface area (Å²) in [5.74, 6) is -0.0612. The standard InChI is InChI=1S/C13H20N2O2/c1-8(2)12(7-16)15-13(17)10-6-9(3)4-5-11(10)14/h4-6,8,12,16H,7,14H2,1-3H3,(H,15,17). The van der Waals surface area contributed by atoms with E-state index >= 15 is 0 Å². The Morgan fingerprint density at radius 3 is 2.65 bits per heavy atom. The summed E-state index contributed by atoms with van der Waals surface area (Å²) < 4.78 is 0. The highest BCUT2D eigenvalue weighted by Gasteiger charge is 2.17. The first-order valence-electron chi connectivity index (χ1n) is 5.73. The first-order valence-corrected chi connectivity index (χ1v) is 5.73. The van der Waals surface area contributed by atoms with Crippen LogP contribution in [0.2, 0.25) is 0 Å². The maximum Gasteiger partial charge on any atom is 0.253 e. The van der Waals surface area contributed by atoms with Gasteiger partial charge < -0.3 is 16.2 Å². The summed E-state index contributed by atoms with van der Waals surface area (Å²) in [7, 11) is 0. The second kappa shape index (κ2) is 5.68. The molecule has 4 N–H and O–H groups in total. The van der Waals surface area contributed by atoms with Gasteiger partial charge in [-0.2, -0.15) is 0 Å². The molecular weight excluding hydrogens is 216 g/mol. The number of aryl methyl sites for hydroxylation is 1. The molecule has 1 rings (SSSR count). The molecule has 0 radical (unpaired) electrons. The van der Waals surface area contributed by atoms with Crippen molar-refractivity contribution < 1.29 is 9.90 Å². The van der Waals surface area contributed by atoms with Gasteiger partial charge in [0.25, 0.3) is 5.91 Å². The van der Waals surface area contributed by atoms with E-state index in [0.29, 0.717) is 11.3 Å². The lowest BCUT2D eigenvalue weighted by Gasteiger charge is -2.20. The fraction of sp³-hybridized carbons (Fsp3) is 0.462. The third-order valence-electron chi connectivity index (χ3n) is 2.77. The minimum Gasteiger partial charge on any atom is -0.398 e. The minimum absolute atomic E-state index is 0.0743. The maximum atomic E-state index is 12.0. The number of carbonyl (C=O) groups excluding carboxylic acids is 1. The van der Waals surface area contributed by atoms with Crippen LogP contribution >= 0.6 is 0 Å². The van der Waals surface area contributed by atoms with Gasteiger partial charge in [-0.15, -0.1) is 0 Å². The lowest BCUT2D eigenvalue weighted by molar-refractivity contribution is 0.0897. The summed E-state index contributed by atoms with van der Waals surface area (Å²) in [6, 6.07) is 5.08. The number of aliphatic hydroxyl groups is 1. The highest BCUT2D eigenvalue weighted by Crippen LogP contribution is 2.14. The number of anilines is 1. The van der Waals surface area contributed by atoms with Crippen molar-refractivity contribution in [3.05, 3.63) is 29.3 Å². The first kappa shape index (κ1) is 13.5. The second-order valence-electron chi connectivity index (χ2n) is 4.60. The molecule has 0 spiro atoms. The minimum atomic E-state index is -0.248. The van der Waals surface area contributed by atoms with Gasteiger partial charge in [-0.25, -0.2) is 0 Å². The fourth-order valence-corrected chi connectivity index (χ4v) is 1.54. The molecule has 0 heterocycles. The molecule has 0 aliphatic carbocycles. The second-order valence-corrected chi connectivity index (χ2v) is 4.60. The molecular formula is C13H20N2O2. The quantitative estimate of drug-likeness (QED) is 0.690. The van der Waals surface area contributed by atoms with E-state index in [2.05, 4.69) is 5.32 Å². The SMILES string of the molecule is Cc1ccc(N)c(C(=O)NC(CO)C(C)C)c1. The Morgan fingerprint density at radius 2 is 2.12 bits per heavy atom. The Hall–Kier alpha value is -1.55. The van der Waals surface area contributed by atoms with Gasteiger partial charge in [0.05, 0.1) is 18.2 Å². The number of aliphatic hydroxyl groups excluding tert-OH is 1. The summed E-state index contributed by atoms with van der Waals surface area (Å²) in [5, 5.41) is 12.0. The largest absolute Gasteiger partial charge is 0.398 e. The number of carbonyl (C=O) groups is 1. The Bertz CT molecular complexity index is 402. The third-order valence-corrected chi connectivity index (χ3v) is 2.77. The molecule has 17 heavy (non-hydrogen) atoms. The van der Waals surface area contributed by atoms with Crippen molar-refractivity contribution in [3.8, 4) is 0 Å². The lowest BCUT2D eigenvalue weighted by atomic mass is 10.0. The molecule has 0 saturated heterocycles. The van der Waals surface area contributed by atoms with E-state index in [1.165, 1.54) is 0 Å². The van der Waals surface area contributed by atoms with Crippen LogP contribution in [0.1, 0.15) is 29.8 Å². The van der Waals surface area contributed by atoms with Gasteiger partial charge in [0.15, 0.2) is 0 Å². The number of benzene rings is 1. The Morgan fingerprint density at radius 1 is 1.47 bits per heavy atom. The topological polar surface area (TPSA) is 75.4 Å². The zero-order valence-electron chi connectivity index (χ0n) is 10.5. The Labute approximate surface area is 102 Å². The molecule has 0 aromatic heterocycles. The van der Waals surface area contributed by atoms with Gasteiger partial charge in [-0.3, -0.25) is 4.79 Å². The van der Waals surface area contributed by atoms with Gasteiger partial charge in [0.2, 0.25) is 0 Å². The monoisotopic (exact) mass is 236 g/mol. The van der Waals surface area contributed by atoms with Crippen LogP contribution in [0.4, 0.5) is 5.69 Å². The molecule has 1 atom stereocenters. The van der Waals surface area contributed by atoms with E-state index in [-0.39, 0.29) is 24.5 Å². The summed E-state index contributed by atoms with van der Waals surface area (Å²) in [4.78, 5) is 12.0. The number of amides is 1. The molecule has 1 aromatic carbocycles. The van der Waals surface area contributed by atoms with Crippen molar-refractivity contribution >= 4 is 11.6 Å². The number of nitrogens with two attached hydrogens (primary N) is 1. The van der Waals surface area contributed by atoms with E-state index in [0.717, 1.165) is 5.56 Å². The van der Waals surface area contributed by atoms with Crippen LogP contribution in [0.25, 0.3) is 0 Å². The molecule has 0 fully saturated rings. The van der Waals surface area contributed by atoms with Gasteiger partial charge in [0.1, 0.15) is 0 Å². The summed E-state index contributed by atoms with van der Waals surface area (Å²) >= 11 is 0. The fourth-order valence-electron chi connectivity index (χ4n) is 1.54. The van der Waals surface area contributed by atoms with Gasteiger partial charge >= 0.3 is 0 Å². The molecule has 0 bridgehead atoms. The van der Waals surface area contributed by atoms with Crippen LogP contribution in [0.15, 0.2) is 18.2 Å². The Balaban J connectivity index is 2.86. The Kier molecular flexibility index (Phi) is 4.52. The lowest BCUT2D eigenvalue weighted by Crippen LogP contribution is -2.41. The number of hydrogen-bond acceptors (Lipinski definition) is 3. The van der Waals surface area contributed by atoms with Gasteiger partial charge in [-0.05, 0) is 25.0 Å². The summed E-state index contributed by atoms with van der Waals surface area (Å²) in [6.07, 6.45) is 0. The molecule has 1 unspecified atom stereocenters. The van der Waals surface area contributed by atoms with Crippen molar-refractivity contribution in [2.75, 3.05) is 12.3 Å². The molecule has 0 aliphatic rings. The van der Waals surface area contributed by atoms with Crippen molar-refractivity contribution in [2.24, 2.45) is 5.92 Å². The van der Waals surface area contributed by atoms with Crippen LogP contribution < -0.4 is 11.1 Å². The molecule has 4 heteroatoms. The van der Waals surface area contributed by atoms with Gasteiger partial charge in [-0.1, -0.05) is 25.5 Å². The highest BCUT2D eigenvalue weighted by atomic mass is 16.3. The van der Waals surface area contributed by atoms with E-state index < -0.39 is 0 Å². The van der Waals surface area contributed by atoms with Crippen LogP contribution in [0.3, 0.4) is 0 Å². The first-order chi connectivity index (χ1) is 7.95. The predicted molar refractivity (Wildman–Crippen MR) is 68.8 cm³/mol. The predicted octanol–water partition coefficient (Wildman–Crippen LogP) is 1.32. The number of hydrogen-bond donors (Lipinski definition) is 3. The van der Waals surface area contributed by atoms with Crippen molar-refractivity contribution in [3.63, 3.8) is 0 Å². The maximum absolute atomic E-state index is 12.0. The van der Waals surface area contributed by atoms with Gasteiger partial charge in [0, 0.05) is 5.69 Å². The molecule has 0 aliphatic heterocycles. The normalized spacial score (nSPS) is 12.5. The molecule has 94 valence electrons. The van der Waals surface area contributed by atoms with E-state index in [1.807, 2.05) is 26.8 Å². The van der Waals surface area contributed by atoms with Crippen molar-refractivity contribution in [2.45, 2.75) is 26.8 Å². The number of rotatable bonds is 4. The van der Waals surface area contributed by atoms with Crippen molar-refractivity contribution in [1.29, 1.82) is 0 Å². The summed E-state index contributed by atoms with van der Waals surface area (Å²) in [5.41, 5.74) is 7.66. The molecule has 4 nitrogen and oxygen atoms in total. The smallest absolute Gasteiger partial charge is 0.253 e. The van der Waals surface area contributed by atoms with Crippen LogP contribution in [0, 0.1) is 12.8 Å². The van der Waals surface area contributed by atoms with E-state index in [1.54, 1.807) is 12.1 Å². The van der Waals surface area contributed by atoms with E-state index in [9.17, 15) is 9.90 Å². The zero-order chi connectivity index (χ0) is 13.0.